The number of carbonyl (C=O) groups is 2. The van der Waals surface area contributed by atoms with E-state index in [2.05, 4.69) is 43.8 Å². The van der Waals surface area contributed by atoms with Gasteiger partial charge in [0.25, 0.3) is 0 Å². The summed E-state index contributed by atoms with van der Waals surface area (Å²) < 4.78 is 0.527. The van der Waals surface area contributed by atoms with Crippen molar-refractivity contribution in [3.63, 3.8) is 0 Å². The van der Waals surface area contributed by atoms with Crippen LogP contribution >= 0.6 is 72.4 Å². The highest BCUT2D eigenvalue weighted by molar-refractivity contribution is 14.1. The Morgan fingerprint density at radius 2 is 1.96 bits per heavy atom. The zero-order valence-corrected chi connectivity index (χ0v) is 21.9. The van der Waals surface area contributed by atoms with Crippen LogP contribution in [0.3, 0.4) is 0 Å². The molecule has 5 nitrogen and oxygen atoms in total. The van der Waals surface area contributed by atoms with Gasteiger partial charge in [0.05, 0.1) is 3.92 Å². The van der Waals surface area contributed by atoms with Gasteiger partial charge >= 0.3 is 6.09 Å². The van der Waals surface area contributed by atoms with Gasteiger partial charge < -0.3 is 5.11 Å². The van der Waals surface area contributed by atoms with Gasteiger partial charge in [-0.05, 0) is 35.6 Å². The van der Waals surface area contributed by atoms with Gasteiger partial charge in [0.1, 0.15) is 0 Å². The molecule has 1 unspecified atom stereocenters. The van der Waals surface area contributed by atoms with Crippen molar-refractivity contribution < 1.29 is 14.7 Å². The third-order valence-corrected chi connectivity index (χ3v) is 8.04. The van der Waals surface area contributed by atoms with Crippen LogP contribution in [0.15, 0.2) is 46.3 Å². The van der Waals surface area contributed by atoms with E-state index in [1.165, 1.54) is 0 Å². The van der Waals surface area contributed by atoms with E-state index in [-0.39, 0.29) is 7.71 Å². The molecule has 0 bridgehead atoms. The maximum atomic E-state index is 12.9. The fourth-order valence-corrected chi connectivity index (χ4v) is 6.87. The molecule has 0 fully saturated rings. The zero-order chi connectivity index (χ0) is 20.7. The number of nitrogens with zero attached hydrogens (tertiary/aromatic N) is 1. The minimum Gasteiger partial charge on any atom is -0.465 e. The molecule has 0 aliphatic carbocycles. The van der Waals surface area contributed by atoms with Gasteiger partial charge in [-0.15, -0.1) is 11.3 Å². The van der Waals surface area contributed by atoms with Crippen molar-refractivity contribution in [2.24, 2.45) is 0 Å². The van der Waals surface area contributed by atoms with E-state index >= 15 is 0 Å². The Morgan fingerprint density at radius 1 is 1.29 bits per heavy atom. The Morgan fingerprint density at radius 3 is 2.46 bits per heavy atom. The van der Waals surface area contributed by atoms with Gasteiger partial charge in [0.2, 0.25) is 3.79 Å². The van der Waals surface area contributed by atoms with Crippen molar-refractivity contribution >= 4 is 82.3 Å². The average molecular weight is 691 g/mol. The van der Waals surface area contributed by atoms with E-state index in [1.807, 2.05) is 53.6 Å². The van der Waals surface area contributed by atoms with Gasteiger partial charge in [-0.3, -0.25) is 15.0 Å². The van der Waals surface area contributed by atoms with Crippen molar-refractivity contribution in [3.05, 3.63) is 56.7 Å². The first-order valence-electron chi connectivity index (χ1n) is 8.66. The van der Waals surface area contributed by atoms with Crippen molar-refractivity contribution in [2.75, 3.05) is 0 Å². The molecule has 2 rings (SSSR count). The molecule has 0 saturated heterocycles. The van der Waals surface area contributed by atoms with Gasteiger partial charge in [-0.25, -0.2) is 4.79 Å². The number of alkyl halides is 1. The van der Waals surface area contributed by atoms with Crippen LogP contribution in [0.5, 0.6) is 0 Å². The van der Waals surface area contributed by atoms with Crippen LogP contribution in [0.25, 0.3) is 0 Å². The summed E-state index contributed by atoms with van der Waals surface area (Å²) in [5, 5.41) is 14.2. The largest absolute Gasteiger partial charge is 0.465 e. The first-order valence-corrected chi connectivity index (χ1v) is 12.7. The van der Waals surface area contributed by atoms with Crippen molar-refractivity contribution in [1.82, 2.24) is 10.2 Å². The molecule has 28 heavy (non-hydrogen) atoms. The van der Waals surface area contributed by atoms with Crippen LogP contribution in [0.4, 0.5) is 4.79 Å². The number of benzene rings is 1. The van der Waals surface area contributed by atoms with E-state index in [0.29, 0.717) is 13.1 Å². The molecule has 2 aromatic rings. The van der Waals surface area contributed by atoms with E-state index in [4.69, 9.17) is 0 Å². The SMILES string of the molecule is CCCC(I)[C@@](NC(=O)O)(C(=O)I)N(Cc1ccc(Br)cc1)Cc1cccs1. The van der Waals surface area contributed by atoms with E-state index in [9.17, 15) is 14.7 Å². The Bertz CT molecular complexity index is 789. The normalized spacial score (nSPS) is 14.5. The lowest BCUT2D eigenvalue weighted by atomic mass is 10.00. The number of halogens is 3. The number of carbonyl (C=O) groups excluding carboxylic acids is 1. The van der Waals surface area contributed by atoms with Crippen LogP contribution in [0.2, 0.25) is 0 Å². The second kappa shape index (κ2) is 11.2. The minimum absolute atomic E-state index is 0.217. The second-order valence-corrected chi connectivity index (χ2v) is 10.7. The maximum absolute atomic E-state index is 12.9. The van der Waals surface area contributed by atoms with Crippen LogP contribution in [0, 0.1) is 0 Å². The van der Waals surface area contributed by atoms with Gasteiger partial charge in [-0.2, -0.15) is 0 Å². The summed E-state index contributed by atoms with van der Waals surface area (Å²) in [6.45, 7) is 2.96. The maximum Gasteiger partial charge on any atom is 0.406 e. The highest BCUT2D eigenvalue weighted by Crippen LogP contribution is 2.34. The molecule has 0 saturated carbocycles. The molecule has 152 valence electrons. The standard InChI is InChI=1S/C19H21BrI2N2O3S/c1-2-4-16(21)19(17(22)25,23-18(26)27)24(12-15-5-3-10-28-15)11-13-6-8-14(20)9-7-13/h3,5-10,16,23H,2,4,11-12H2,1H3,(H,26,27)/t16?,19-/m0/s1. The van der Waals surface area contributed by atoms with Gasteiger partial charge in [0.15, 0.2) is 5.66 Å². The summed E-state index contributed by atoms with van der Waals surface area (Å²) in [5.74, 6) is 0. The summed E-state index contributed by atoms with van der Waals surface area (Å²) >= 11 is 8.98. The summed E-state index contributed by atoms with van der Waals surface area (Å²) in [4.78, 5) is 27.7. The highest BCUT2D eigenvalue weighted by atomic mass is 127. The molecular formula is C19H21BrI2N2O3S. The minimum atomic E-state index is -1.32. The Balaban J connectivity index is 2.52. The summed E-state index contributed by atoms with van der Waals surface area (Å²) in [6.07, 6.45) is 0.373. The summed E-state index contributed by atoms with van der Waals surface area (Å²) in [5.41, 5.74) is -0.311. The smallest absolute Gasteiger partial charge is 0.406 e. The van der Waals surface area contributed by atoms with Crippen LogP contribution in [-0.2, 0) is 17.9 Å². The molecule has 2 N–H and O–H groups in total. The fourth-order valence-electron chi connectivity index (χ4n) is 2.98. The lowest BCUT2D eigenvalue weighted by molar-refractivity contribution is -0.123. The molecule has 0 aliphatic rings. The molecule has 0 spiro atoms. The molecule has 1 heterocycles. The number of nitrogens with one attached hydrogen (secondary N) is 1. The van der Waals surface area contributed by atoms with Crippen molar-refractivity contribution in [1.29, 1.82) is 0 Å². The second-order valence-electron chi connectivity index (χ2n) is 6.29. The lowest BCUT2D eigenvalue weighted by Crippen LogP contribution is -2.68. The molecule has 0 aliphatic heterocycles. The lowest BCUT2D eigenvalue weighted by Gasteiger charge is -2.44. The molecule has 2 atom stereocenters. The average Bonchev–Trinajstić information content (AvgIpc) is 3.14. The monoisotopic (exact) mass is 690 g/mol. The number of thiophene rings is 1. The van der Waals surface area contributed by atoms with Crippen LogP contribution < -0.4 is 5.32 Å². The Hall–Kier alpha value is -0.240. The van der Waals surface area contributed by atoms with E-state index in [0.717, 1.165) is 27.8 Å². The third kappa shape index (κ3) is 6.13. The Kier molecular flexibility index (Phi) is 9.64. The van der Waals surface area contributed by atoms with E-state index in [1.54, 1.807) is 33.9 Å². The predicted octanol–water partition coefficient (Wildman–Crippen LogP) is 6.04. The molecule has 9 heteroatoms. The summed E-state index contributed by atoms with van der Waals surface area (Å²) in [6, 6.07) is 11.8. The number of hydrogen-bond acceptors (Lipinski definition) is 4. The van der Waals surface area contributed by atoms with Crippen LogP contribution in [-0.4, -0.2) is 29.5 Å². The number of carboxylic acid groups (broad SMARTS) is 1. The first kappa shape index (κ1) is 24.0. The van der Waals surface area contributed by atoms with Gasteiger partial charge in [0, 0.05) is 45.0 Å². The molecule has 1 amide bonds. The highest BCUT2D eigenvalue weighted by Gasteiger charge is 2.49. The molecule has 0 radical (unpaired) electrons. The molecule has 1 aromatic heterocycles. The topological polar surface area (TPSA) is 69.6 Å². The van der Waals surface area contributed by atoms with E-state index < -0.39 is 11.8 Å². The molecular weight excluding hydrogens is 670 g/mol. The zero-order valence-electron chi connectivity index (χ0n) is 15.2. The van der Waals surface area contributed by atoms with Crippen molar-refractivity contribution in [3.8, 4) is 0 Å². The predicted molar refractivity (Wildman–Crippen MR) is 133 cm³/mol. The van der Waals surface area contributed by atoms with Gasteiger partial charge in [-0.1, -0.05) is 70.1 Å². The quantitative estimate of drug-likeness (QED) is 0.138. The third-order valence-electron chi connectivity index (χ3n) is 4.30. The molecule has 1 aromatic carbocycles. The number of rotatable bonds is 10. The first-order chi connectivity index (χ1) is 13.3. The number of amides is 1. The van der Waals surface area contributed by atoms with Crippen LogP contribution in [0.1, 0.15) is 30.2 Å². The number of hydrogen-bond donors (Lipinski definition) is 2. The Labute approximate surface area is 204 Å². The summed E-state index contributed by atoms with van der Waals surface area (Å²) in [7, 11) is 0. The fraction of sp³-hybridized carbons (Fsp3) is 0.368. The van der Waals surface area contributed by atoms with Crippen molar-refractivity contribution in [2.45, 2.75) is 42.4 Å².